The molecule has 0 aliphatic carbocycles. The van der Waals surface area contributed by atoms with Gasteiger partial charge in [0.25, 0.3) is 0 Å². The lowest BCUT2D eigenvalue weighted by Gasteiger charge is -2.23. The SMILES string of the molecule is Cc1cc(CCN(C)C)c(O)c(C(C)(C)C)c1. The molecular formula is C15H25NO. The number of benzene rings is 1. The highest BCUT2D eigenvalue weighted by molar-refractivity contribution is 5.46. The van der Waals surface area contributed by atoms with Crippen molar-refractivity contribution < 1.29 is 5.11 Å². The normalized spacial score (nSPS) is 12.2. The fraction of sp³-hybridized carbons (Fsp3) is 0.600. The fourth-order valence-corrected chi connectivity index (χ4v) is 1.96. The highest BCUT2D eigenvalue weighted by atomic mass is 16.3. The molecule has 96 valence electrons. The van der Waals surface area contributed by atoms with Crippen LogP contribution in [0, 0.1) is 6.92 Å². The number of phenolic OH excluding ortho intramolecular Hbond substituents is 1. The Hall–Kier alpha value is -1.02. The zero-order valence-corrected chi connectivity index (χ0v) is 12.0. The summed E-state index contributed by atoms with van der Waals surface area (Å²) in [5.74, 6) is 0.477. The summed E-state index contributed by atoms with van der Waals surface area (Å²) in [7, 11) is 4.11. The average Bonchev–Trinajstić information content (AvgIpc) is 2.17. The van der Waals surface area contributed by atoms with E-state index in [-0.39, 0.29) is 5.41 Å². The largest absolute Gasteiger partial charge is 0.507 e. The topological polar surface area (TPSA) is 23.5 Å². The van der Waals surface area contributed by atoms with E-state index < -0.39 is 0 Å². The number of phenols is 1. The van der Waals surface area contributed by atoms with Crippen LogP contribution in [0.1, 0.15) is 37.5 Å². The van der Waals surface area contributed by atoms with E-state index >= 15 is 0 Å². The van der Waals surface area contributed by atoms with Crippen molar-refractivity contribution in [3.63, 3.8) is 0 Å². The molecule has 0 amide bonds. The molecule has 0 bridgehead atoms. The van der Waals surface area contributed by atoms with Crippen LogP contribution in [0.15, 0.2) is 12.1 Å². The second kappa shape index (κ2) is 5.09. The first-order valence-electron chi connectivity index (χ1n) is 6.19. The molecule has 0 aliphatic heterocycles. The van der Waals surface area contributed by atoms with Gasteiger partial charge >= 0.3 is 0 Å². The lowest BCUT2D eigenvalue weighted by Crippen LogP contribution is -2.17. The third-order valence-corrected chi connectivity index (χ3v) is 2.97. The molecule has 1 aromatic carbocycles. The molecule has 0 atom stereocenters. The van der Waals surface area contributed by atoms with Crippen LogP contribution in [0.2, 0.25) is 0 Å². The monoisotopic (exact) mass is 235 g/mol. The Morgan fingerprint density at radius 2 is 1.76 bits per heavy atom. The van der Waals surface area contributed by atoms with Gasteiger partial charge in [-0.1, -0.05) is 38.5 Å². The minimum atomic E-state index is -0.0109. The van der Waals surface area contributed by atoms with Gasteiger partial charge in [0.15, 0.2) is 0 Å². The Morgan fingerprint density at radius 3 is 2.24 bits per heavy atom. The van der Waals surface area contributed by atoms with E-state index in [4.69, 9.17) is 0 Å². The van der Waals surface area contributed by atoms with Crippen molar-refractivity contribution in [2.45, 2.75) is 39.5 Å². The highest BCUT2D eigenvalue weighted by Crippen LogP contribution is 2.34. The number of hydrogen-bond donors (Lipinski definition) is 1. The Bertz CT molecular complexity index is 389. The van der Waals surface area contributed by atoms with Crippen LogP contribution in [0.4, 0.5) is 0 Å². The zero-order valence-electron chi connectivity index (χ0n) is 12.0. The first-order chi connectivity index (χ1) is 7.71. The first-order valence-corrected chi connectivity index (χ1v) is 6.19. The van der Waals surface area contributed by atoms with Gasteiger partial charge < -0.3 is 10.0 Å². The molecule has 0 saturated carbocycles. The predicted octanol–water partition coefficient (Wildman–Crippen LogP) is 3.10. The van der Waals surface area contributed by atoms with Gasteiger partial charge in [-0.05, 0) is 44.0 Å². The molecule has 1 rings (SSSR count). The van der Waals surface area contributed by atoms with Crippen molar-refractivity contribution in [3.8, 4) is 5.75 Å². The summed E-state index contributed by atoms with van der Waals surface area (Å²) in [4.78, 5) is 2.14. The van der Waals surface area contributed by atoms with Gasteiger partial charge in [-0.2, -0.15) is 0 Å². The number of aryl methyl sites for hydroxylation is 1. The summed E-state index contributed by atoms with van der Waals surface area (Å²) in [6.45, 7) is 9.46. The summed E-state index contributed by atoms with van der Waals surface area (Å²) >= 11 is 0. The lowest BCUT2D eigenvalue weighted by molar-refractivity contribution is 0.402. The third kappa shape index (κ3) is 3.74. The van der Waals surface area contributed by atoms with E-state index in [1.54, 1.807) is 0 Å². The minimum Gasteiger partial charge on any atom is -0.507 e. The van der Waals surface area contributed by atoms with Gasteiger partial charge in [0.2, 0.25) is 0 Å². The maximum Gasteiger partial charge on any atom is 0.122 e. The van der Waals surface area contributed by atoms with E-state index in [2.05, 4.69) is 58.8 Å². The molecule has 2 heteroatoms. The van der Waals surface area contributed by atoms with Gasteiger partial charge in [-0.3, -0.25) is 0 Å². The zero-order chi connectivity index (χ0) is 13.2. The first kappa shape index (κ1) is 14.0. The summed E-state index contributed by atoms with van der Waals surface area (Å²) in [5, 5.41) is 10.3. The summed E-state index contributed by atoms with van der Waals surface area (Å²) in [5.41, 5.74) is 3.32. The Kier molecular flexibility index (Phi) is 4.21. The average molecular weight is 235 g/mol. The lowest BCUT2D eigenvalue weighted by atomic mass is 9.84. The predicted molar refractivity (Wildman–Crippen MR) is 73.8 cm³/mol. The molecule has 17 heavy (non-hydrogen) atoms. The number of nitrogens with zero attached hydrogens (tertiary/aromatic N) is 1. The molecule has 0 fully saturated rings. The van der Waals surface area contributed by atoms with Crippen LogP contribution in [-0.2, 0) is 11.8 Å². The number of rotatable bonds is 3. The van der Waals surface area contributed by atoms with Crippen molar-refractivity contribution >= 4 is 0 Å². The van der Waals surface area contributed by atoms with Crippen molar-refractivity contribution in [1.29, 1.82) is 0 Å². The number of likely N-dealkylation sites (N-methyl/N-ethyl adjacent to an activating group) is 1. The summed E-state index contributed by atoms with van der Waals surface area (Å²) in [6, 6.07) is 4.18. The Morgan fingerprint density at radius 1 is 1.18 bits per heavy atom. The summed E-state index contributed by atoms with van der Waals surface area (Å²) in [6.07, 6.45) is 0.892. The third-order valence-electron chi connectivity index (χ3n) is 2.97. The van der Waals surface area contributed by atoms with Crippen LogP contribution >= 0.6 is 0 Å². The molecule has 1 N–H and O–H groups in total. The second-order valence-electron chi connectivity index (χ2n) is 6.12. The molecular weight excluding hydrogens is 210 g/mol. The minimum absolute atomic E-state index is 0.0109. The molecule has 0 radical (unpaired) electrons. The van der Waals surface area contributed by atoms with Crippen LogP contribution < -0.4 is 0 Å². The molecule has 0 spiro atoms. The van der Waals surface area contributed by atoms with Gasteiger partial charge in [-0.15, -0.1) is 0 Å². The molecule has 0 aromatic heterocycles. The second-order valence-corrected chi connectivity index (χ2v) is 6.12. The van der Waals surface area contributed by atoms with Gasteiger partial charge in [-0.25, -0.2) is 0 Å². The fourth-order valence-electron chi connectivity index (χ4n) is 1.96. The van der Waals surface area contributed by atoms with Crippen molar-refractivity contribution in [3.05, 3.63) is 28.8 Å². The molecule has 0 unspecified atom stereocenters. The Labute approximate surface area is 105 Å². The highest BCUT2D eigenvalue weighted by Gasteiger charge is 2.20. The van der Waals surface area contributed by atoms with Crippen molar-refractivity contribution in [2.24, 2.45) is 0 Å². The van der Waals surface area contributed by atoms with Crippen LogP contribution in [0.25, 0.3) is 0 Å². The number of aromatic hydroxyl groups is 1. The van der Waals surface area contributed by atoms with Crippen molar-refractivity contribution in [2.75, 3.05) is 20.6 Å². The van der Waals surface area contributed by atoms with Gasteiger partial charge in [0.05, 0.1) is 0 Å². The van der Waals surface area contributed by atoms with Crippen LogP contribution in [-0.4, -0.2) is 30.6 Å². The van der Waals surface area contributed by atoms with E-state index in [9.17, 15) is 5.11 Å². The maximum absolute atomic E-state index is 10.3. The molecule has 0 heterocycles. The molecule has 1 aromatic rings. The van der Waals surface area contributed by atoms with E-state index in [0.29, 0.717) is 5.75 Å². The molecule has 2 nitrogen and oxygen atoms in total. The summed E-state index contributed by atoms with van der Waals surface area (Å²) < 4.78 is 0. The van der Waals surface area contributed by atoms with Gasteiger partial charge in [0, 0.05) is 6.54 Å². The van der Waals surface area contributed by atoms with E-state index in [1.807, 2.05) is 0 Å². The quantitative estimate of drug-likeness (QED) is 0.870. The van der Waals surface area contributed by atoms with Gasteiger partial charge in [0.1, 0.15) is 5.75 Å². The smallest absolute Gasteiger partial charge is 0.122 e. The van der Waals surface area contributed by atoms with Crippen LogP contribution in [0.3, 0.4) is 0 Å². The van der Waals surface area contributed by atoms with Crippen LogP contribution in [0.5, 0.6) is 5.75 Å². The van der Waals surface area contributed by atoms with Crippen molar-refractivity contribution in [1.82, 2.24) is 4.90 Å². The molecule has 0 saturated heterocycles. The van der Waals surface area contributed by atoms with E-state index in [0.717, 1.165) is 24.1 Å². The maximum atomic E-state index is 10.3. The Balaban J connectivity index is 3.11. The molecule has 0 aliphatic rings. The van der Waals surface area contributed by atoms with E-state index in [1.165, 1.54) is 5.56 Å². The number of hydrogen-bond acceptors (Lipinski definition) is 2. The standard InChI is InChI=1S/C15H25NO/c1-11-9-12(7-8-16(5)6)14(17)13(10-11)15(2,3)4/h9-10,17H,7-8H2,1-6H3.